The molecule has 4 rings (SSSR count). The van der Waals surface area contributed by atoms with Crippen molar-refractivity contribution in [3.8, 4) is 0 Å². The van der Waals surface area contributed by atoms with Crippen LogP contribution in [0.25, 0.3) is 33.3 Å². The zero-order chi connectivity index (χ0) is 21.5. The number of nitrogens with one attached hydrogen (secondary N) is 2. The molecule has 154 valence electrons. The van der Waals surface area contributed by atoms with Crippen molar-refractivity contribution in [3.63, 3.8) is 0 Å². The summed E-state index contributed by atoms with van der Waals surface area (Å²) in [4.78, 5) is 24.0. The molecule has 2 aromatic carbocycles. The standard InChI is InChI=1S/C23H24N4O3/c1-14-7-8-15-11-18-16(6-5-9-24-22(29)30-23(2,3)4)13-27-20(25-26-21(27)28)19(18)12-17(15)10-14/h5-8,10-13H,9H2,1-4H3,(H,24,29)(H,26,28)/b6-5-. The molecule has 0 saturated carbocycles. The summed E-state index contributed by atoms with van der Waals surface area (Å²) in [7, 11) is 0. The van der Waals surface area contributed by atoms with E-state index in [1.165, 1.54) is 9.96 Å². The number of amides is 1. The summed E-state index contributed by atoms with van der Waals surface area (Å²) in [5.41, 5.74) is 1.77. The summed E-state index contributed by atoms with van der Waals surface area (Å²) in [5.74, 6) is 0. The van der Waals surface area contributed by atoms with Crippen LogP contribution in [0.2, 0.25) is 0 Å². The largest absolute Gasteiger partial charge is 0.444 e. The van der Waals surface area contributed by atoms with E-state index in [1.54, 1.807) is 6.20 Å². The molecule has 0 aliphatic rings. The lowest BCUT2D eigenvalue weighted by atomic mass is 10.00. The summed E-state index contributed by atoms with van der Waals surface area (Å²) in [6, 6.07) is 10.4. The van der Waals surface area contributed by atoms with E-state index in [0.29, 0.717) is 12.2 Å². The number of benzene rings is 2. The van der Waals surface area contributed by atoms with E-state index in [4.69, 9.17) is 4.74 Å². The minimum Gasteiger partial charge on any atom is -0.444 e. The van der Waals surface area contributed by atoms with Crippen LogP contribution in [0.4, 0.5) is 4.79 Å². The zero-order valence-corrected chi connectivity index (χ0v) is 17.4. The van der Waals surface area contributed by atoms with Crippen LogP contribution in [0.15, 0.2) is 47.4 Å². The lowest BCUT2D eigenvalue weighted by molar-refractivity contribution is 0.0534. The number of ether oxygens (including phenoxy) is 1. The first kappa shape index (κ1) is 19.7. The Hall–Kier alpha value is -3.61. The highest BCUT2D eigenvalue weighted by molar-refractivity contribution is 6.07. The van der Waals surface area contributed by atoms with Gasteiger partial charge in [-0.2, -0.15) is 5.10 Å². The Bertz CT molecular complexity index is 1360. The topological polar surface area (TPSA) is 88.5 Å². The van der Waals surface area contributed by atoms with Crippen molar-refractivity contribution < 1.29 is 9.53 Å². The number of hydrogen-bond acceptors (Lipinski definition) is 4. The number of aryl methyl sites for hydroxylation is 1. The van der Waals surface area contributed by atoms with Crippen LogP contribution < -0.4 is 11.0 Å². The third-order valence-corrected chi connectivity index (χ3v) is 4.72. The number of carbonyl (C=O) groups excluding carboxylic acids is 1. The van der Waals surface area contributed by atoms with E-state index < -0.39 is 11.7 Å². The third-order valence-electron chi connectivity index (χ3n) is 4.72. The minimum absolute atomic E-state index is 0.294. The number of H-pyrrole nitrogens is 1. The third kappa shape index (κ3) is 3.91. The Balaban J connectivity index is 1.74. The Morgan fingerprint density at radius 3 is 2.73 bits per heavy atom. The highest BCUT2D eigenvalue weighted by atomic mass is 16.6. The SMILES string of the molecule is Cc1ccc2cc3c(/C=C\CNC(=O)OC(C)(C)C)cn4c(=O)[nH]nc4c3cc2c1. The molecule has 0 atom stereocenters. The van der Waals surface area contributed by atoms with Gasteiger partial charge in [0.25, 0.3) is 0 Å². The van der Waals surface area contributed by atoms with Gasteiger partial charge in [-0.05, 0) is 61.5 Å². The van der Waals surface area contributed by atoms with Crippen LogP contribution >= 0.6 is 0 Å². The van der Waals surface area contributed by atoms with Crippen molar-refractivity contribution in [2.75, 3.05) is 6.54 Å². The van der Waals surface area contributed by atoms with Gasteiger partial charge >= 0.3 is 11.8 Å². The normalized spacial score (nSPS) is 12.3. The Kier molecular flexibility index (Phi) is 4.81. The maximum Gasteiger partial charge on any atom is 0.407 e. The number of carbonyl (C=O) groups is 1. The van der Waals surface area contributed by atoms with Crippen LogP contribution in [0, 0.1) is 6.92 Å². The molecule has 0 bridgehead atoms. The highest BCUT2D eigenvalue weighted by Gasteiger charge is 2.15. The lowest BCUT2D eigenvalue weighted by Gasteiger charge is -2.19. The molecule has 0 unspecified atom stereocenters. The Morgan fingerprint density at radius 1 is 1.20 bits per heavy atom. The fourth-order valence-electron chi connectivity index (χ4n) is 3.44. The van der Waals surface area contributed by atoms with Crippen molar-refractivity contribution >= 4 is 39.4 Å². The number of aromatic amines is 1. The number of aromatic nitrogens is 3. The molecule has 0 aliphatic carbocycles. The van der Waals surface area contributed by atoms with Crippen LogP contribution in [0.1, 0.15) is 31.9 Å². The molecule has 7 nitrogen and oxygen atoms in total. The van der Waals surface area contributed by atoms with Crippen LogP contribution in [-0.4, -0.2) is 32.8 Å². The molecule has 7 heteroatoms. The van der Waals surface area contributed by atoms with Gasteiger partial charge in [0, 0.05) is 18.1 Å². The van der Waals surface area contributed by atoms with Crippen molar-refractivity contribution in [1.82, 2.24) is 19.9 Å². The maximum absolute atomic E-state index is 12.2. The number of nitrogens with zero attached hydrogens (tertiary/aromatic N) is 2. The average Bonchev–Trinajstić information content (AvgIpc) is 3.03. The van der Waals surface area contributed by atoms with Crippen LogP contribution in [0.5, 0.6) is 0 Å². The summed E-state index contributed by atoms with van der Waals surface area (Å²) < 4.78 is 6.74. The molecule has 4 aromatic rings. The Labute approximate surface area is 173 Å². The monoisotopic (exact) mass is 404 g/mol. The van der Waals surface area contributed by atoms with Gasteiger partial charge in [-0.3, -0.25) is 0 Å². The molecule has 0 spiro atoms. The van der Waals surface area contributed by atoms with Crippen LogP contribution in [-0.2, 0) is 4.74 Å². The van der Waals surface area contributed by atoms with E-state index in [2.05, 4.69) is 52.8 Å². The molecule has 1 amide bonds. The van der Waals surface area contributed by atoms with E-state index in [1.807, 2.05) is 32.9 Å². The minimum atomic E-state index is -0.545. The predicted octanol–water partition coefficient (Wildman–Crippen LogP) is 4.18. The van der Waals surface area contributed by atoms with Crippen molar-refractivity contribution in [2.24, 2.45) is 0 Å². The van der Waals surface area contributed by atoms with Gasteiger partial charge in [-0.15, -0.1) is 0 Å². The van der Waals surface area contributed by atoms with E-state index in [-0.39, 0.29) is 5.69 Å². The number of alkyl carbamates (subject to hydrolysis) is 1. The van der Waals surface area contributed by atoms with Gasteiger partial charge < -0.3 is 10.1 Å². The second-order valence-corrected chi connectivity index (χ2v) is 8.34. The van der Waals surface area contributed by atoms with Crippen LogP contribution in [0.3, 0.4) is 0 Å². The summed E-state index contributed by atoms with van der Waals surface area (Å²) in [5, 5.41) is 13.5. The van der Waals surface area contributed by atoms with Gasteiger partial charge in [0.1, 0.15) is 5.60 Å². The first-order valence-electron chi connectivity index (χ1n) is 9.78. The maximum atomic E-state index is 12.2. The van der Waals surface area contributed by atoms with Crippen molar-refractivity contribution in [3.05, 3.63) is 64.2 Å². The van der Waals surface area contributed by atoms with Crippen molar-refractivity contribution in [1.29, 1.82) is 0 Å². The van der Waals surface area contributed by atoms with Gasteiger partial charge in [0.15, 0.2) is 5.65 Å². The first-order valence-corrected chi connectivity index (χ1v) is 9.78. The highest BCUT2D eigenvalue weighted by Crippen LogP contribution is 2.29. The van der Waals surface area contributed by atoms with Gasteiger partial charge in [0.2, 0.25) is 0 Å². The number of rotatable bonds is 3. The fraction of sp³-hybridized carbons (Fsp3) is 0.261. The van der Waals surface area contributed by atoms with E-state index in [9.17, 15) is 9.59 Å². The average molecular weight is 404 g/mol. The summed E-state index contributed by atoms with van der Waals surface area (Å²) in [6.07, 6.45) is 5.00. The Morgan fingerprint density at radius 2 is 1.97 bits per heavy atom. The molecule has 2 heterocycles. The van der Waals surface area contributed by atoms with Gasteiger partial charge in [-0.1, -0.05) is 35.9 Å². The molecule has 2 aromatic heterocycles. The van der Waals surface area contributed by atoms with E-state index in [0.717, 1.165) is 27.1 Å². The molecule has 2 N–H and O–H groups in total. The molecular formula is C23H24N4O3. The number of fused-ring (bicyclic) bond motifs is 4. The number of hydrogen-bond donors (Lipinski definition) is 2. The van der Waals surface area contributed by atoms with E-state index >= 15 is 0 Å². The second-order valence-electron chi connectivity index (χ2n) is 8.34. The molecule has 0 aliphatic heterocycles. The smallest absolute Gasteiger partial charge is 0.407 e. The quantitative estimate of drug-likeness (QED) is 0.502. The number of pyridine rings is 1. The van der Waals surface area contributed by atoms with Gasteiger partial charge in [0.05, 0.1) is 0 Å². The molecule has 0 radical (unpaired) electrons. The summed E-state index contributed by atoms with van der Waals surface area (Å²) >= 11 is 0. The summed E-state index contributed by atoms with van der Waals surface area (Å²) in [6.45, 7) is 7.81. The van der Waals surface area contributed by atoms with Crippen molar-refractivity contribution in [2.45, 2.75) is 33.3 Å². The second kappa shape index (κ2) is 7.33. The zero-order valence-electron chi connectivity index (χ0n) is 17.4. The molecular weight excluding hydrogens is 380 g/mol. The molecule has 0 fully saturated rings. The molecule has 30 heavy (non-hydrogen) atoms. The van der Waals surface area contributed by atoms with Gasteiger partial charge in [-0.25, -0.2) is 19.1 Å². The first-order chi connectivity index (χ1) is 14.2. The molecule has 0 saturated heterocycles. The lowest BCUT2D eigenvalue weighted by Crippen LogP contribution is -2.32. The fourth-order valence-corrected chi connectivity index (χ4v) is 3.44. The predicted molar refractivity (Wildman–Crippen MR) is 119 cm³/mol.